The van der Waals surface area contributed by atoms with Crippen molar-refractivity contribution < 1.29 is 0 Å². The van der Waals surface area contributed by atoms with E-state index in [2.05, 4.69) is 119 Å². The van der Waals surface area contributed by atoms with Crippen molar-refractivity contribution in [2.24, 2.45) is 0 Å². The molecule has 2 N–H and O–H groups in total. The second-order valence-electron chi connectivity index (χ2n) is 12.9. The largest absolute Gasteiger partial charge is 0.398 e. The van der Waals surface area contributed by atoms with Gasteiger partial charge < -0.3 is 10.6 Å². The number of fused-ring (bicyclic) bond motifs is 2. The molecule has 0 spiro atoms. The van der Waals surface area contributed by atoms with Gasteiger partial charge >= 0.3 is 0 Å². The zero-order chi connectivity index (χ0) is 27.9. The third kappa shape index (κ3) is 5.43. The SMILES string of the molecule is CC(C)(C)c1ccc(N(c2ccc(C(C)(C)C)cc2)c2ccc3c(c2)Cc2cc(N)c(C#N)cc2CC3)cc1. The molecule has 198 valence electrons. The summed E-state index contributed by atoms with van der Waals surface area (Å²) in [6.07, 6.45) is 2.69. The number of hydrogen-bond donors (Lipinski definition) is 1. The zero-order valence-electron chi connectivity index (χ0n) is 24.1. The number of nitrogens with two attached hydrogens (primary N) is 1. The highest BCUT2D eigenvalue weighted by Gasteiger charge is 2.21. The Morgan fingerprint density at radius 2 is 1.10 bits per heavy atom. The Morgan fingerprint density at radius 1 is 0.615 bits per heavy atom. The van der Waals surface area contributed by atoms with Gasteiger partial charge in [-0.3, -0.25) is 0 Å². The van der Waals surface area contributed by atoms with Crippen molar-refractivity contribution in [2.75, 3.05) is 10.6 Å². The van der Waals surface area contributed by atoms with E-state index in [9.17, 15) is 5.26 Å². The van der Waals surface area contributed by atoms with E-state index in [0.29, 0.717) is 11.3 Å². The Kier molecular flexibility index (Phi) is 6.77. The van der Waals surface area contributed by atoms with Crippen molar-refractivity contribution in [2.45, 2.75) is 71.6 Å². The van der Waals surface area contributed by atoms with Gasteiger partial charge in [0.15, 0.2) is 0 Å². The molecule has 0 radical (unpaired) electrons. The molecule has 0 aliphatic heterocycles. The quantitative estimate of drug-likeness (QED) is 0.278. The molecule has 4 aromatic rings. The topological polar surface area (TPSA) is 53.0 Å². The van der Waals surface area contributed by atoms with Crippen LogP contribution in [0.5, 0.6) is 0 Å². The van der Waals surface area contributed by atoms with Crippen LogP contribution in [0, 0.1) is 11.3 Å². The van der Waals surface area contributed by atoms with Gasteiger partial charge in [0.2, 0.25) is 0 Å². The minimum absolute atomic E-state index is 0.0996. The number of nitrogens with zero attached hydrogens (tertiary/aromatic N) is 2. The minimum Gasteiger partial charge on any atom is -0.398 e. The average Bonchev–Trinajstić information content (AvgIpc) is 3.06. The van der Waals surface area contributed by atoms with Gasteiger partial charge in [0, 0.05) is 22.7 Å². The van der Waals surface area contributed by atoms with Gasteiger partial charge in [-0.15, -0.1) is 0 Å². The van der Waals surface area contributed by atoms with Crippen molar-refractivity contribution in [1.29, 1.82) is 5.26 Å². The normalized spacial score (nSPS) is 13.2. The number of nitriles is 1. The second kappa shape index (κ2) is 9.93. The highest BCUT2D eigenvalue weighted by molar-refractivity contribution is 5.77. The fraction of sp³-hybridized carbons (Fsp3) is 0.306. The molecule has 1 aliphatic rings. The van der Waals surface area contributed by atoms with E-state index in [4.69, 9.17) is 5.73 Å². The van der Waals surface area contributed by atoms with Gasteiger partial charge in [-0.2, -0.15) is 5.26 Å². The molecule has 1 aliphatic carbocycles. The molecule has 0 fully saturated rings. The van der Waals surface area contributed by atoms with Crippen molar-refractivity contribution >= 4 is 22.7 Å². The fourth-order valence-electron chi connectivity index (χ4n) is 5.51. The molecule has 4 aromatic carbocycles. The van der Waals surface area contributed by atoms with E-state index >= 15 is 0 Å². The van der Waals surface area contributed by atoms with Crippen LogP contribution in [-0.2, 0) is 30.1 Å². The summed E-state index contributed by atoms with van der Waals surface area (Å²) in [6.45, 7) is 13.5. The Labute approximate surface area is 233 Å². The number of anilines is 4. The monoisotopic (exact) mass is 513 g/mol. The van der Waals surface area contributed by atoms with Crippen LogP contribution in [0.25, 0.3) is 0 Å². The van der Waals surface area contributed by atoms with Crippen LogP contribution in [0.1, 0.15) is 80.5 Å². The van der Waals surface area contributed by atoms with Crippen LogP contribution in [0.3, 0.4) is 0 Å². The van der Waals surface area contributed by atoms with E-state index in [0.717, 1.165) is 36.3 Å². The third-order valence-electron chi connectivity index (χ3n) is 7.97. The molecule has 5 rings (SSSR count). The number of benzene rings is 4. The third-order valence-corrected chi connectivity index (χ3v) is 7.97. The molecule has 0 heterocycles. The van der Waals surface area contributed by atoms with Crippen LogP contribution >= 0.6 is 0 Å². The molecular formula is C36H39N3. The molecule has 3 heteroatoms. The lowest BCUT2D eigenvalue weighted by Gasteiger charge is -2.28. The van der Waals surface area contributed by atoms with Crippen LogP contribution in [-0.4, -0.2) is 0 Å². The molecule has 0 atom stereocenters. The van der Waals surface area contributed by atoms with Crippen molar-refractivity contribution in [3.8, 4) is 6.07 Å². The summed E-state index contributed by atoms with van der Waals surface area (Å²) in [5, 5.41) is 9.47. The summed E-state index contributed by atoms with van der Waals surface area (Å²) < 4.78 is 0. The Balaban J connectivity index is 1.59. The summed E-state index contributed by atoms with van der Waals surface area (Å²) in [5.74, 6) is 0. The summed E-state index contributed by atoms with van der Waals surface area (Å²) in [7, 11) is 0. The van der Waals surface area contributed by atoms with Gasteiger partial charge in [-0.1, -0.05) is 71.9 Å². The molecular weight excluding hydrogens is 474 g/mol. The minimum atomic E-state index is 0.0996. The van der Waals surface area contributed by atoms with Gasteiger partial charge in [0.1, 0.15) is 6.07 Å². The number of nitrogen functional groups attached to an aromatic ring is 1. The number of hydrogen-bond acceptors (Lipinski definition) is 3. The van der Waals surface area contributed by atoms with Crippen molar-refractivity contribution in [3.05, 3.63) is 118 Å². The van der Waals surface area contributed by atoms with E-state index < -0.39 is 0 Å². The molecule has 3 nitrogen and oxygen atoms in total. The first kappa shape index (κ1) is 26.6. The molecule has 0 amide bonds. The van der Waals surface area contributed by atoms with Gasteiger partial charge in [0.25, 0.3) is 0 Å². The highest BCUT2D eigenvalue weighted by atomic mass is 15.1. The Morgan fingerprint density at radius 3 is 1.62 bits per heavy atom. The van der Waals surface area contributed by atoms with Crippen LogP contribution < -0.4 is 10.6 Å². The molecule has 0 saturated heterocycles. The maximum Gasteiger partial charge on any atom is 0.101 e. The smallest absolute Gasteiger partial charge is 0.101 e. The lowest BCUT2D eigenvalue weighted by Crippen LogP contribution is -2.14. The molecule has 0 unspecified atom stereocenters. The zero-order valence-corrected chi connectivity index (χ0v) is 24.1. The summed E-state index contributed by atoms with van der Waals surface area (Å²) in [6, 6.07) is 31.1. The fourth-order valence-corrected chi connectivity index (χ4v) is 5.51. The number of rotatable bonds is 3. The highest BCUT2D eigenvalue weighted by Crippen LogP contribution is 2.39. The first-order valence-corrected chi connectivity index (χ1v) is 13.9. The first-order chi connectivity index (χ1) is 18.4. The van der Waals surface area contributed by atoms with Crippen LogP contribution in [0.15, 0.2) is 78.9 Å². The molecule has 39 heavy (non-hydrogen) atoms. The standard InChI is InChI=1S/C36H39N3/c1-35(2,3)29-10-15-31(16-11-29)39(32-17-12-30(13-18-32)36(4,5)6)33-14-9-24-7-8-25-19-28(23-37)34(38)22-27(25)20-26(24)21-33/h9-19,21-22H,7-8,20,38H2,1-6H3. The first-order valence-electron chi connectivity index (χ1n) is 13.9. The summed E-state index contributed by atoms with van der Waals surface area (Å²) in [4.78, 5) is 2.36. The van der Waals surface area contributed by atoms with Crippen molar-refractivity contribution in [1.82, 2.24) is 0 Å². The molecule has 0 aromatic heterocycles. The molecule has 0 saturated carbocycles. The van der Waals surface area contributed by atoms with E-state index in [-0.39, 0.29) is 10.8 Å². The lowest BCUT2D eigenvalue weighted by molar-refractivity contribution is 0.590. The predicted molar refractivity (Wildman–Crippen MR) is 164 cm³/mol. The van der Waals surface area contributed by atoms with Crippen molar-refractivity contribution in [3.63, 3.8) is 0 Å². The van der Waals surface area contributed by atoms with Crippen LogP contribution in [0.2, 0.25) is 0 Å². The maximum atomic E-state index is 9.47. The van der Waals surface area contributed by atoms with Gasteiger partial charge in [-0.25, -0.2) is 0 Å². The molecule has 0 bridgehead atoms. The lowest BCUT2D eigenvalue weighted by atomic mass is 9.86. The summed E-state index contributed by atoms with van der Waals surface area (Å²) in [5.41, 5.74) is 18.7. The average molecular weight is 514 g/mol. The van der Waals surface area contributed by atoms with Gasteiger partial charge in [0.05, 0.1) is 5.56 Å². The predicted octanol–water partition coefficient (Wildman–Crippen LogP) is 8.89. The second-order valence-corrected chi connectivity index (χ2v) is 12.9. The van der Waals surface area contributed by atoms with E-state index in [1.54, 1.807) is 0 Å². The maximum absolute atomic E-state index is 9.47. The van der Waals surface area contributed by atoms with Crippen LogP contribution in [0.4, 0.5) is 22.7 Å². The Bertz CT molecular complexity index is 1480. The van der Waals surface area contributed by atoms with E-state index in [1.165, 1.54) is 33.4 Å². The van der Waals surface area contributed by atoms with Gasteiger partial charge in [-0.05, 0) is 112 Å². The number of aryl methyl sites for hydroxylation is 2. The summed E-state index contributed by atoms with van der Waals surface area (Å²) >= 11 is 0. The Hall–Kier alpha value is -4.03. The van der Waals surface area contributed by atoms with E-state index in [1.807, 2.05) is 12.1 Å².